The lowest BCUT2D eigenvalue weighted by atomic mass is 10.00. The molecular weight excluding hydrogens is 310 g/mol. The maximum absolute atomic E-state index is 12.3. The molecule has 4 heteroatoms. The number of aromatic nitrogens is 2. The van der Waals surface area contributed by atoms with Gasteiger partial charge in [0, 0.05) is 19.0 Å². The molecule has 1 heterocycles. The number of H-pyrrole nitrogens is 1. The topological polar surface area (TPSA) is 71.8 Å². The molecule has 126 valence electrons. The number of nitrogens with zero attached hydrogens (tertiary/aromatic N) is 1. The summed E-state index contributed by atoms with van der Waals surface area (Å²) in [7, 11) is 0. The molecule has 0 unspecified atom stereocenters. The molecule has 25 heavy (non-hydrogen) atoms. The Morgan fingerprint density at radius 2 is 1.72 bits per heavy atom. The molecule has 0 radical (unpaired) electrons. The number of hydrogen-bond donors (Lipinski definition) is 2. The van der Waals surface area contributed by atoms with Crippen molar-refractivity contribution in [2.24, 2.45) is 5.73 Å². The summed E-state index contributed by atoms with van der Waals surface area (Å²) in [6.07, 6.45) is 8.29. The van der Waals surface area contributed by atoms with E-state index in [0.717, 1.165) is 22.4 Å². The number of hydrogen-bond acceptors (Lipinski definition) is 3. The fraction of sp³-hybridized carbons (Fsp3) is 0.143. The maximum Gasteiger partial charge on any atom is 0.154 e. The number of carbonyl (C=O) groups excluding carboxylic acids is 1. The summed E-state index contributed by atoms with van der Waals surface area (Å²) >= 11 is 0. The van der Waals surface area contributed by atoms with E-state index in [0.29, 0.717) is 12.8 Å². The molecule has 0 bridgehead atoms. The van der Waals surface area contributed by atoms with Crippen LogP contribution in [0.15, 0.2) is 67.1 Å². The molecule has 0 saturated carbocycles. The standard InChI is InChI=1S/C21H21N3O/c22-20(13-19-14-23-15-24-19)21(25)12-18-10-8-17(9-11-18)7-6-16-4-2-1-3-5-16/h1-11,14-15,20H,12-13,22H2,(H,23,24)/b7-6+/t20-/m0/s1. The van der Waals surface area contributed by atoms with Crippen molar-refractivity contribution in [2.75, 3.05) is 0 Å². The molecule has 0 aliphatic heterocycles. The van der Waals surface area contributed by atoms with Gasteiger partial charge in [-0.15, -0.1) is 0 Å². The van der Waals surface area contributed by atoms with Crippen LogP contribution in [0.3, 0.4) is 0 Å². The van der Waals surface area contributed by atoms with Gasteiger partial charge in [0.1, 0.15) is 0 Å². The maximum atomic E-state index is 12.3. The quantitative estimate of drug-likeness (QED) is 0.653. The molecule has 3 N–H and O–H groups in total. The van der Waals surface area contributed by atoms with Crippen molar-refractivity contribution in [1.29, 1.82) is 0 Å². The van der Waals surface area contributed by atoms with E-state index in [1.165, 1.54) is 0 Å². The van der Waals surface area contributed by atoms with E-state index in [4.69, 9.17) is 5.73 Å². The highest BCUT2D eigenvalue weighted by Crippen LogP contribution is 2.11. The van der Waals surface area contributed by atoms with Gasteiger partial charge in [-0.1, -0.05) is 66.7 Å². The number of aromatic amines is 1. The Kier molecular flexibility index (Phi) is 5.54. The molecule has 1 aromatic heterocycles. The first kappa shape index (κ1) is 16.9. The summed E-state index contributed by atoms with van der Waals surface area (Å²) in [6.45, 7) is 0. The minimum Gasteiger partial charge on any atom is -0.351 e. The van der Waals surface area contributed by atoms with Crippen LogP contribution >= 0.6 is 0 Å². The second-order valence-corrected chi connectivity index (χ2v) is 6.00. The summed E-state index contributed by atoms with van der Waals surface area (Å²) in [5, 5.41) is 0. The molecule has 1 atom stereocenters. The molecule has 0 fully saturated rings. The Labute approximate surface area is 147 Å². The zero-order valence-electron chi connectivity index (χ0n) is 13.9. The van der Waals surface area contributed by atoms with Gasteiger partial charge in [0.15, 0.2) is 5.78 Å². The molecule has 0 aliphatic rings. The van der Waals surface area contributed by atoms with E-state index >= 15 is 0 Å². The van der Waals surface area contributed by atoms with Gasteiger partial charge in [0.05, 0.1) is 18.1 Å². The van der Waals surface area contributed by atoms with Crippen molar-refractivity contribution in [3.05, 3.63) is 89.5 Å². The van der Waals surface area contributed by atoms with Gasteiger partial charge in [0.2, 0.25) is 0 Å². The smallest absolute Gasteiger partial charge is 0.154 e. The molecule has 4 nitrogen and oxygen atoms in total. The van der Waals surface area contributed by atoms with Crippen molar-refractivity contribution in [3.8, 4) is 0 Å². The summed E-state index contributed by atoms with van der Waals surface area (Å²) in [6, 6.07) is 17.6. The van der Waals surface area contributed by atoms with Gasteiger partial charge in [-0.2, -0.15) is 0 Å². The zero-order chi connectivity index (χ0) is 17.5. The number of carbonyl (C=O) groups is 1. The Morgan fingerprint density at radius 3 is 2.36 bits per heavy atom. The first-order valence-electron chi connectivity index (χ1n) is 8.29. The fourth-order valence-electron chi connectivity index (χ4n) is 2.58. The third-order valence-electron chi connectivity index (χ3n) is 4.02. The number of nitrogens with one attached hydrogen (secondary N) is 1. The van der Waals surface area contributed by atoms with Crippen LogP contribution < -0.4 is 5.73 Å². The minimum atomic E-state index is -0.527. The predicted molar refractivity (Wildman–Crippen MR) is 101 cm³/mol. The highest BCUT2D eigenvalue weighted by Gasteiger charge is 2.15. The highest BCUT2D eigenvalue weighted by atomic mass is 16.1. The van der Waals surface area contributed by atoms with Crippen LogP contribution in [0.5, 0.6) is 0 Å². The summed E-state index contributed by atoms with van der Waals surface area (Å²) in [5.41, 5.74) is 10.0. The Balaban J connectivity index is 1.56. The van der Waals surface area contributed by atoms with Crippen LogP contribution in [0, 0.1) is 0 Å². The zero-order valence-corrected chi connectivity index (χ0v) is 13.9. The number of ketones is 1. The molecule has 0 aliphatic carbocycles. The average molecular weight is 331 g/mol. The molecule has 0 amide bonds. The lowest BCUT2D eigenvalue weighted by Crippen LogP contribution is -2.34. The van der Waals surface area contributed by atoms with Crippen LogP contribution in [0.4, 0.5) is 0 Å². The molecule has 2 aromatic carbocycles. The highest BCUT2D eigenvalue weighted by molar-refractivity contribution is 5.86. The monoisotopic (exact) mass is 331 g/mol. The van der Waals surface area contributed by atoms with Crippen molar-refractivity contribution in [2.45, 2.75) is 18.9 Å². The van der Waals surface area contributed by atoms with Gasteiger partial charge < -0.3 is 10.7 Å². The lowest BCUT2D eigenvalue weighted by molar-refractivity contribution is -0.119. The van der Waals surface area contributed by atoms with Crippen LogP contribution in [0.1, 0.15) is 22.4 Å². The third-order valence-corrected chi connectivity index (χ3v) is 4.02. The van der Waals surface area contributed by atoms with E-state index in [2.05, 4.69) is 34.3 Å². The lowest BCUT2D eigenvalue weighted by Gasteiger charge is -2.09. The van der Waals surface area contributed by atoms with E-state index < -0.39 is 6.04 Å². The van der Waals surface area contributed by atoms with Gasteiger partial charge in [-0.3, -0.25) is 4.79 Å². The van der Waals surface area contributed by atoms with E-state index in [9.17, 15) is 4.79 Å². The Hall–Kier alpha value is -2.98. The SMILES string of the molecule is N[C@@H](Cc1c[nH]cn1)C(=O)Cc1ccc(/C=C/c2ccccc2)cc1. The molecule has 0 saturated heterocycles. The second-order valence-electron chi connectivity index (χ2n) is 6.00. The van der Waals surface area contributed by atoms with Crippen molar-refractivity contribution in [1.82, 2.24) is 9.97 Å². The van der Waals surface area contributed by atoms with Crippen LogP contribution in [-0.2, 0) is 17.6 Å². The first-order chi connectivity index (χ1) is 12.2. The third kappa shape index (κ3) is 4.99. The van der Waals surface area contributed by atoms with E-state index in [1.807, 2.05) is 42.5 Å². The summed E-state index contributed by atoms with van der Waals surface area (Å²) in [5.74, 6) is 0.0237. The second kappa shape index (κ2) is 8.22. The number of nitrogens with two attached hydrogens (primary N) is 1. The van der Waals surface area contributed by atoms with Crippen molar-refractivity contribution < 1.29 is 4.79 Å². The first-order valence-corrected chi connectivity index (χ1v) is 8.29. The summed E-state index contributed by atoms with van der Waals surface area (Å²) < 4.78 is 0. The van der Waals surface area contributed by atoms with E-state index in [-0.39, 0.29) is 5.78 Å². The van der Waals surface area contributed by atoms with E-state index in [1.54, 1.807) is 12.5 Å². The Bertz CT molecular complexity index is 821. The van der Waals surface area contributed by atoms with Crippen LogP contribution in [0.25, 0.3) is 12.2 Å². The average Bonchev–Trinajstić information content (AvgIpc) is 3.15. The number of Topliss-reactive ketones (excluding diaryl/α,β-unsaturated/α-hetero) is 1. The van der Waals surface area contributed by atoms with Gasteiger partial charge >= 0.3 is 0 Å². The normalized spacial score (nSPS) is 12.4. The van der Waals surface area contributed by atoms with Gasteiger partial charge in [0.25, 0.3) is 0 Å². The Morgan fingerprint density at radius 1 is 1.04 bits per heavy atom. The van der Waals surface area contributed by atoms with Gasteiger partial charge in [-0.05, 0) is 16.7 Å². The number of rotatable bonds is 7. The molecule has 3 aromatic rings. The number of benzene rings is 2. The minimum absolute atomic E-state index is 0.0237. The molecular formula is C21H21N3O. The van der Waals surface area contributed by atoms with Crippen molar-refractivity contribution >= 4 is 17.9 Å². The predicted octanol–water partition coefficient (Wildman–Crippen LogP) is 3.26. The van der Waals surface area contributed by atoms with Gasteiger partial charge in [-0.25, -0.2) is 4.98 Å². The van der Waals surface area contributed by atoms with Crippen LogP contribution in [-0.4, -0.2) is 21.8 Å². The van der Waals surface area contributed by atoms with Crippen LogP contribution in [0.2, 0.25) is 0 Å². The summed E-state index contributed by atoms with van der Waals surface area (Å²) in [4.78, 5) is 19.2. The largest absolute Gasteiger partial charge is 0.351 e. The fourth-order valence-corrected chi connectivity index (χ4v) is 2.58. The molecule has 3 rings (SSSR count). The molecule has 0 spiro atoms. The van der Waals surface area contributed by atoms with Crippen molar-refractivity contribution in [3.63, 3.8) is 0 Å². The number of imidazole rings is 1.